The minimum atomic E-state index is 0.0446. The molecule has 1 aliphatic heterocycles. The van der Waals surface area contributed by atoms with Crippen LogP contribution in [0.3, 0.4) is 0 Å². The summed E-state index contributed by atoms with van der Waals surface area (Å²) in [7, 11) is 0. The van der Waals surface area contributed by atoms with E-state index in [0.29, 0.717) is 5.41 Å². The van der Waals surface area contributed by atoms with E-state index >= 15 is 0 Å². The molecule has 2 fully saturated rings. The zero-order valence-corrected chi connectivity index (χ0v) is 13.8. The fourth-order valence-electron chi connectivity index (χ4n) is 4.08. The average Bonchev–Trinajstić information content (AvgIpc) is 2.38. The van der Waals surface area contributed by atoms with Gasteiger partial charge in [-0.05, 0) is 42.6 Å². The summed E-state index contributed by atoms with van der Waals surface area (Å²) in [5.74, 6) is 3.46. The van der Waals surface area contributed by atoms with Crippen LogP contribution in [0, 0.1) is 23.2 Å². The number of rotatable bonds is 4. The van der Waals surface area contributed by atoms with Crippen LogP contribution in [0.25, 0.3) is 0 Å². The second-order valence-corrected chi connectivity index (χ2v) is 7.92. The molecule has 1 saturated carbocycles. The topological polar surface area (TPSA) is 18.5 Å². The van der Waals surface area contributed by atoms with E-state index in [1.807, 2.05) is 11.8 Å². The number of ether oxygens (including phenoxy) is 2. The summed E-state index contributed by atoms with van der Waals surface area (Å²) in [4.78, 5) is 0. The van der Waals surface area contributed by atoms with E-state index in [1.54, 1.807) is 0 Å². The molecule has 1 spiro atoms. The van der Waals surface area contributed by atoms with Crippen LogP contribution in [0.2, 0.25) is 0 Å². The highest BCUT2D eigenvalue weighted by Gasteiger charge is 2.47. The van der Waals surface area contributed by atoms with Crippen molar-refractivity contribution in [2.75, 3.05) is 25.2 Å². The Morgan fingerprint density at radius 1 is 1.21 bits per heavy atom. The van der Waals surface area contributed by atoms with E-state index in [0.717, 1.165) is 43.1 Å². The zero-order chi connectivity index (χ0) is 13.9. The average molecular weight is 286 g/mol. The van der Waals surface area contributed by atoms with Crippen molar-refractivity contribution < 1.29 is 9.47 Å². The molecule has 0 aromatic carbocycles. The van der Waals surface area contributed by atoms with Crippen LogP contribution in [-0.2, 0) is 9.47 Å². The summed E-state index contributed by atoms with van der Waals surface area (Å²) in [5.41, 5.74) is 0.293. The largest absolute Gasteiger partial charge is 0.352 e. The van der Waals surface area contributed by atoms with E-state index in [-0.39, 0.29) is 6.29 Å². The van der Waals surface area contributed by atoms with Gasteiger partial charge >= 0.3 is 0 Å². The molecule has 0 aromatic heterocycles. The van der Waals surface area contributed by atoms with E-state index < -0.39 is 0 Å². The van der Waals surface area contributed by atoms with E-state index in [2.05, 4.69) is 27.0 Å². The molecule has 0 amide bonds. The van der Waals surface area contributed by atoms with Gasteiger partial charge in [0.2, 0.25) is 0 Å². The van der Waals surface area contributed by atoms with Crippen molar-refractivity contribution in [1.29, 1.82) is 0 Å². The monoisotopic (exact) mass is 286 g/mol. The lowest BCUT2D eigenvalue weighted by Crippen LogP contribution is -2.51. The second kappa shape index (κ2) is 6.82. The van der Waals surface area contributed by atoms with Gasteiger partial charge in [-0.15, -0.1) is 0 Å². The quantitative estimate of drug-likeness (QED) is 0.772. The molecule has 2 nitrogen and oxygen atoms in total. The first-order valence-corrected chi connectivity index (χ1v) is 9.19. The Hall–Kier alpha value is 0.270. The lowest BCUT2D eigenvalue weighted by molar-refractivity contribution is -0.254. The molecule has 1 aliphatic carbocycles. The van der Waals surface area contributed by atoms with Gasteiger partial charge in [-0.2, -0.15) is 11.8 Å². The van der Waals surface area contributed by atoms with Crippen LogP contribution < -0.4 is 0 Å². The molecule has 1 unspecified atom stereocenters. The predicted octanol–water partition coefficient (Wildman–Crippen LogP) is 4.19. The maximum Gasteiger partial charge on any atom is 0.158 e. The van der Waals surface area contributed by atoms with Gasteiger partial charge in [0.25, 0.3) is 0 Å². The molecule has 19 heavy (non-hydrogen) atoms. The molecule has 2 aliphatic rings. The van der Waals surface area contributed by atoms with Crippen LogP contribution in [0.1, 0.15) is 46.5 Å². The zero-order valence-electron chi connectivity index (χ0n) is 13.0. The minimum Gasteiger partial charge on any atom is -0.352 e. The molecule has 2 atom stereocenters. The lowest BCUT2D eigenvalue weighted by atomic mass is 9.60. The fraction of sp³-hybridized carbons (Fsp3) is 1.00. The third-order valence-electron chi connectivity index (χ3n) is 4.99. The van der Waals surface area contributed by atoms with Gasteiger partial charge < -0.3 is 9.47 Å². The summed E-state index contributed by atoms with van der Waals surface area (Å²) in [6, 6.07) is 0. The summed E-state index contributed by atoms with van der Waals surface area (Å²) in [6.07, 6.45) is 7.22. The lowest BCUT2D eigenvalue weighted by Gasteiger charge is -2.51. The van der Waals surface area contributed by atoms with Crippen LogP contribution in [0.15, 0.2) is 0 Å². The van der Waals surface area contributed by atoms with E-state index in [4.69, 9.17) is 9.47 Å². The third kappa shape index (κ3) is 3.68. The van der Waals surface area contributed by atoms with Crippen molar-refractivity contribution >= 4 is 11.8 Å². The Morgan fingerprint density at radius 2 is 1.89 bits per heavy atom. The number of hydrogen-bond donors (Lipinski definition) is 0. The van der Waals surface area contributed by atoms with Crippen molar-refractivity contribution in [2.24, 2.45) is 23.2 Å². The third-order valence-corrected chi connectivity index (χ3v) is 5.63. The molecule has 3 heteroatoms. The predicted molar refractivity (Wildman–Crippen MR) is 82.5 cm³/mol. The number of hydrogen-bond acceptors (Lipinski definition) is 3. The Balaban J connectivity index is 1.97. The molecule has 1 heterocycles. The van der Waals surface area contributed by atoms with E-state index in [9.17, 15) is 0 Å². The van der Waals surface area contributed by atoms with Gasteiger partial charge in [0.1, 0.15) is 0 Å². The maximum absolute atomic E-state index is 6.07. The normalized spacial score (nSPS) is 39.9. The Kier molecular flexibility index (Phi) is 5.62. The summed E-state index contributed by atoms with van der Waals surface area (Å²) in [5, 5.41) is 0. The summed E-state index contributed by atoms with van der Waals surface area (Å²) >= 11 is 1.87. The van der Waals surface area contributed by atoms with Crippen LogP contribution >= 0.6 is 11.8 Å². The molecule has 0 N–H and O–H groups in total. The first-order valence-electron chi connectivity index (χ1n) is 7.79. The first kappa shape index (κ1) is 15.7. The second-order valence-electron chi connectivity index (χ2n) is 6.93. The number of thioether (sulfide) groups is 1. The maximum atomic E-state index is 6.07. The van der Waals surface area contributed by atoms with Crippen LogP contribution in [0.4, 0.5) is 0 Å². The fourth-order valence-corrected chi connectivity index (χ4v) is 4.51. The van der Waals surface area contributed by atoms with E-state index in [1.165, 1.54) is 19.3 Å². The molecular formula is C16H30O2S. The summed E-state index contributed by atoms with van der Waals surface area (Å²) < 4.78 is 12.1. The van der Waals surface area contributed by atoms with Gasteiger partial charge in [-0.1, -0.05) is 27.2 Å². The highest BCUT2D eigenvalue weighted by Crippen LogP contribution is 2.49. The van der Waals surface area contributed by atoms with Crippen LogP contribution in [0.5, 0.6) is 0 Å². The standard InChI is InChI=1S/C16H30O2S/c1-12(2)14-6-5-13(3)9-16(14)10-17-15(18-11-16)7-8-19-4/h12-15H,5-11H2,1-4H3/t13-,14?,15?,16?/m1/s1. The SMILES string of the molecule is CSCCC1OCC2(CO1)C[C@H](C)CCC2C(C)C. The molecule has 0 radical (unpaired) electrons. The van der Waals surface area contributed by atoms with Gasteiger partial charge in [0.15, 0.2) is 6.29 Å². The van der Waals surface area contributed by atoms with Crippen molar-refractivity contribution in [3.05, 3.63) is 0 Å². The Bertz CT molecular complexity index is 272. The van der Waals surface area contributed by atoms with Gasteiger partial charge in [0.05, 0.1) is 13.2 Å². The van der Waals surface area contributed by atoms with Crippen molar-refractivity contribution in [1.82, 2.24) is 0 Å². The smallest absolute Gasteiger partial charge is 0.158 e. The molecule has 1 saturated heterocycles. The molecule has 0 bridgehead atoms. The molecule has 112 valence electrons. The minimum absolute atomic E-state index is 0.0446. The summed E-state index contributed by atoms with van der Waals surface area (Å²) in [6.45, 7) is 8.95. The van der Waals surface area contributed by atoms with Gasteiger partial charge in [-0.3, -0.25) is 0 Å². The van der Waals surface area contributed by atoms with Crippen LogP contribution in [-0.4, -0.2) is 31.5 Å². The molecule has 2 rings (SSSR count). The van der Waals surface area contributed by atoms with Gasteiger partial charge in [0, 0.05) is 11.8 Å². The van der Waals surface area contributed by atoms with Gasteiger partial charge in [-0.25, -0.2) is 0 Å². The Morgan fingerprint density at radius 3 is 2.47 bits per heavy atom. The Labute approximate surface area is 123 Å². The van der Waals surface area contributed by atoms with Crippen molar-refractivity contribution in [3.63, 3.8) is 0 Å². The highest BCUT2D eigenvalue weighted by atomic mass is 32.2. The van der Waals surface area contributed by atoms with Crippen molar-refractivity contribution in [3.8, 4) is 0 Å². The molecule has 0 aromatic rings. The first-order chi connectivity index (χ1) is 9.07. The van der Waals surface area contributed by atoms with Crippen molar-refractivity contribution in [2.45, 2.75) is 52.7 Å². The molecular weight excluding hydrogens is 256 g/mol. The highest BCUT2D eigenvalue weighted by molar-refractivity contribution is 7.98.